The zero-order chi connectivity index (χ0) is 20.3. The topological polar surface area (TPSA) is 58.0 Å². The van der Waals surface area contributed by atoms with Gasteiger partial charge in [0, 0.05) is 17.7 Å². The number of aromatic nitrogens is 2. The third-order valence-corrected chi connectivity index (χ3v) is 4.28. The second-order valence-electron chi connectivity index (χ2n) is 6.20. The summed E-state index contributed by atoms with van der Waals surface area (Å²) >= 11 is 0. The molecule has 1 heterocycles. The number of hydrogen-bond donors (Lipinski definition) is 2. The van der Waals surface area contributed by atoms with E-state index in [1.807, 2.05) is 18.2 Å². The van der Waals surface area contributed by atoms with Gasteiger partial charge in [-0.15, -0.1) is 0 Å². The fraction of sp³-hybridized carbons (Fsp3) is 0.200. The summed E-state index contributed by atoms with van der Waals surface area (Å²) in [5.74, 6) is -0.961. The fourth-order valence-corrected chi connectivity index (χ4v) is 2.80. The second kappa shape index (κ2) is 7.93. The first-order chi connectivity index (χ1) is 13.3. The van der Waals surface area contributed by atoms with Crippen molar-refractivity contribution in [2.45, 2.75) is 19.2 Å². The number of nitrogens with one attached hydrogen (secondary N) is 1. The summed E-state index contributed by atoms with van der Waals surface area (Å²) in [6.45, 7) is 1.84. The Labute approximate surface area is 158 Å². The van der Waals surface area contributed by atoms with Crippen molar-refractivity contribution >= 4 is 5.82 Å². The molecule has 8 heteroatoms. The number of halogens is 4. The summed E-state index contributed by atoms with van der Waals surface area (Å²) in [4.78, 5) is 8.17. The van der Waals surface area contributed by atoms with Crippen LogP contribution in [0.5, 0.6) is 0 Å². The van der Waals surface area contributed by atoms with Crippen LogP contribution in [0, 0.1) is 12.7 Å². The second-order valence-corrected chi connectivity index (χ2v) is 6.20. The van der Waals surface area contributed by atoms with Crippen LogP contribution in [0.1, 0.15) is 22.8 Å². The first-order valence-corrected chi connectivity index (χ1v) is 8.43. The minimum absolute atomic E-state index is 0.169. The minimum atomic E-state index is -4.76. The van der Waals surface area contributed by atoms with Crippen molar-refractivity contribution in [3.63, 3.8) is 0 Å². The summed E-state index contributed by atoms with van der Waals surface area (Å²) in [7, 11) is 0. The normalized spacial score (nSPS) is 12.6. The van der Waals surface area contributed by atoms with E-state index in [-0.39, 0.29) is 12.1 Å². The highest BCUT2D eigenvalue weighted by Crippen LogP contribution is 2.34. The van der Waals surface area contributed by atoms with Crippen molar-refractivity contribution in [2.75, 3.05) is 11.9 Å². The molecule has 0 fully saturated rings. The molecule has 0 radical (unpaired) electrons. The largest absolute Gasteiger partial charge is 0.419 e. The Balaban J connectivity index is 1.82. The van der Waals surface area contributed by atoms with E-state index in [0.29, 0.717) is 23.1 Å². The summed E-state index contributed by atoms with van der Waals surface area (Å²) < 4.78 is 52.1. The van der Waals surface area contributed by atoms with E-state index in [9.17, 15) is 22.7 Å². The number of alkyl halides is 3. The number of aliphatic hydroxyl groups excluding tert-OH is 1. The molecular formula is C20H17F4N3O. The summed E-state index contributed by atoms with van der Waals surface area (Å²) in [6.07, 6.45) is -4.30. The van der Waals surface area contributed by atoms with Crippen molar-refractivity contribution in [2.24, 2.45) is 0 Å². The van der Waals surface area contributed by atoms with Crippen LogP contribution in [0.15, 0.2) is 54.9 Å². The number of aliphatic hydroxyl groups is 1. The SMILES string of the molecule is Cc1c(NC[C@H](O)c2ccccc2)ncnc1-c1ccc(C(F)(F)F)c(F)c1. The molecule has 0 unspecified atom stereocenters. The molecule has 3 aromatic rings. The Morgan fingerprint density at radius 3 is 2.43 bits per heavy atom. The molecule has 0 aliphatic rings. The minimum Gasteiger partial charge on any atom is -0.387 e. The van der Waals surface area contributed by atoms with E-state index in [0.717, 1.165) is 11.6 Å². The van der Waals surface area contributed by atoms with E-state index in [2.05, 4.69) is 15.3 Å². The highest BCUT2D eigenvalue weighted by atomic mass is 19.4. The van der Waals surface area contributed by atoms with Gasteiger partial charge in [0.1, 0.15) is 18.0 Å². The average Bonchev–Trinajstić information content (AvgIpc) is 2.66. The molecule has 28 heavy (non-hydrogen) atoms. The molecule has 0 amide bonds. The van der Waals surface area contributed by atoms with Crippen molar-refractivity contribution in [3.8, 4) is 11.3 Å². The quantitative estimate of drug-likeness (QED) is 0.616. The van der Waals surface area contributed by atoms with Crippen LogP contribution in [0.25, 0.3) is 11.3 Å². The lowest BCUT2D eigenvalue weighted by atomic mass is 10.0. The first kappa shape index (κ1) is 19.8. The van der Waals surface area contributed by atoms with Gasteiger partial charge in [-0.3, -0.25) is 0 Å². The van der Waals surface area contributed by atoms with Crippen LogP contribution >= 0.6 is 0 Å². The predicted molar refractivity (Wildman–Crippen MR) is 97.1 cm³/mol. The van der Waals surface area contributed by atoms with Gasteiger partial charge >= 0.3 is 6.18 Å². The first-order valence-electron chi connectivity index (χ1n) is 8.43. The van der Waals surface area contributed by atoms with Crippen LogP contribution in [0.4, 0.5) is 23.4 Å². The standard InChI is InChI=1S/C20H17F4N3O/c1-12-18(14-7-8-15(16(21)9-14)20(22,23)24)26-11-27-19(12)25-10-17(28)13-5-3-2-4-6-13/h2-9,11,17,28H,10H2,1H3,(H,25,26,27)/t17-/m0/s1. The van der Waals surface area contributed by atoms with Gasteiger partial charge in [-0.1, -0.05) is 36.4 Å². The lowest BCUT2D eigenvalue weighted by molar-refractivity contribution is -0.139. The average molecular weight is 391 g/mol. The summed E-state index contributed by atoms with van der Waals surface area (Å²) in [5, 5.41) is 13.2. The van der Waals surface area contributed by atoms with Gasteiger partial charge in [-0.25, -0.2) is 14.4 Å². The molecular weight excluding hydrogens is 374 g/mol. The summed E-state index contributed by atoms with van der Waals surface area (Å²) in [5.41, 5.74) is 0.442. The highest BCUT2D eigenvalue weighted by molar-refractivity contribution is 5.68. The van der Waals surface area contributed by atoms with E-state index in [1.54, 1.807) is 19.1 Å². The number of rotatable bonds is 5. The number of benzene rings is 2. The van der Waals surface area contributed by atoms with Gasteiger partial charge in [0.25, 0.3) is 0 Å². The van der Waals surface area contributed by atoms with Crippen LogP contribution in [-0.2, 0) is 6.18 Å². The molecule has 3 rings (SSSR count). The Hall–Kier alpha value is -3.00. The lowest BCUT2D eigenvalue weighted by Gasteiger charge is -2.15. The maximum Gasteiger partial charge on any atom is 0.419 e. The van der Waals surface area contributed by atoms with E-state index in [4.69, 9.17) is 0 Å². The molecule has 0 saturated carbocycles. The third kappa shape index (κ3) is 4.28. The molecule has 0 aliphatic heterocycles. The van der Waals surface area contributed by atoms with Crippen molar-refractivity contribution in [1.29, 1.82) is 0 Å². The van der Waals surface area contributed by atoms with Gasteiger partial charge in [-0.2, -0.15) is 13.2 Å². The van der Waals surface area contributed by atoms with Gasteiger partial charge in [0.05, 0.1) is 17.4 Å². The van der Waals surface area contributed by atoms with E-state index >= 15 is 0 Å². The molecule has 2 aromatic carbocycles. The molecule has 4 nitrogen and oxygen atoms in total. The van der Waals surface area contributed by atoms with Crippen molar-refractivity contribution in [1.82, 2.24) is 9.97 Å². The zero-order valence-electron chi connectivity index (χ0n) is 14.8. The molecule has 0 spiro atoms. The lowest BCUT2D eigenvalue weighted by Crippen LogP contribution is -2.14. The molecule has 1 atom stereocenters. The van der Waals surface area contributed by atoms with E-state index in [1.165, 1.54) is 12.4 Å². The smallest absolute Gasteiger partial charge is 0.387 e. The third-order valence-electron chi connectivity index (χ3n) is 4.28. The molecule has 146 valence electrons. The molecule has 2 N–H and O–H groups in total. The van der Waals surface area contributed by atoms with Crippen molar-refractivity contribution in [3.05, 3.63) is 77.4 Å². The fourth-order valence-electron chi connectivity index (χ4n) is 2.80. The van der Waals surface area contributed by atoms with Gasteiger partial charge in [-0.05, 0) is 24.6 Å². The maximum atomic E-state index is 13.9. The molecule has 0 aliphatic carbocycles. The van der Waals surface area contributed by atoms with Crippen LogP contribution in [-0.4, -0.2) is 21.6 Å². The number of nitrogens with zero attached hydrogens (tertiary/aromatic N) is 2. The zero-order valence-corrected chi connectivity index (χ0v) is 14.8. The highest BCUT2D eigenvalue weighted by Gasteiger charge is 2.34. The molecule has 0 saturated heterocycles. The van der Waals surface area contributed by atoms with Crippen LogP contribution in [0.2, 0.25) is 0 Å². The van der Waals surface area contributed by atoms with E-state index < -0.39 is 23.7 Å². The van der Waals surface area contributed by atoms with Crippen LogP contribution in [0.3, 0.4) is 0 Å². The Bertz CT molecular complexity index is 961. The van der Waals surface area contributed by atoms with Gasteiger partial charge in [0.15, 0.2) is 0 Å². The van der Waals surface area contributed by atoms with Crippen molar-refractivity contribution < 1.29 is 22.7 Å². The molecule has 1 aromatic heterocycles. The summed E-state index contributed by atoms with van der Waals surface area (Å²) in [6, 6.07) is 11.7. The Morgan fingerprint density at radius 1 is 1.07 bits per heavy atom. The number of hydrogen-bond acceptors (Lipinski definition) is 4. The predicted octanol–water partition coefficient (Wildman–Crippen LogP) is 4.76. The Morgan fingerprint density at radius 2 is 1.79 bits per heavy atom. The number of anilines is 1. The van der Waals surface area contributed by atoms with Crippen LogP contribution < -0.4 is 5.32 Å². The van der Waals surface area contributed by atoms with Gasteiger partial charge < -0.3 is 10.4 Å². The monoisotopic (exact) mass is 391 g/mol. The maximum absolute atomic E-state index is 13.9. The van der Waals surface area contributed by atoms with Gasteiger partial charge in [0.2, 0.25) is 0 Å². The molecule has 0 bridgehead atoms. The Kier molecular flexibility index (Phi) is 5.60.